The Balaban J connectivity index is 0.00000338. The van der Waals surface area contributed by atoms with Gasteiger partial charge in [0.15, 0.2) is 0 Å². The quantitative estimate of drug-likeness (QED) is 0.635. The van der Waals surface area contributed by atoms with Gasteiger partial charge in [-0.05, 0) is 57.8 Å². The van der Waals surface area contributed by atoms with E-state index in [1.807, 2.05) is 43.1 Å². The number of anilines is 1. The molecular formula is C19H31ClN4O2. The molecule has 1 aromatic rings. The van der Waals surface area contributed by atoms with E-state index in [1.54, 1.807) is 0 Å². The van der Waals surface area contributed by atoms with Crippen LogP contribution in [0.4, 0.5) is 10.5 Å². The number of halogens is 1. The number of aryl methyl sites for hydroxylation is 1. The lowest BCUT2D eigenvalue weighted by Gasteiger charge is -2.33. The van der Waals surface area contributed by atoms with Crippen molar-refractivity contribution in [1.29, 1.82) is 0 Å². The number of hydrogen-bond donors (Lipinski definition) is 3. The number of carbonyl (C=O) groups excluding carboxylic acids is 2. The van der Waals surface area contributed by atoms with E-state index in [1.165, 1.54) is 0 Å². The molecule has 0 saturated carbocycles. The predicted octanol–water partition coefficient (Wildman–Crippen LogP) is 2.78. The van der Waals surface area contributed by atoms with Crippen LogP contribution < -0.4 is 16.0 Å². The molecule has 1 aliphatic heterocycles. The number of benzene rings is 1. The molecule has 3 amide bonds. The molecule has 3 N–H and O–H groups in total. The highest BCUT2D eigenvalue weighted by molar-refractivity contribution is 5.89. The fraction of sp³-hybridized carbons (Fsp3) is 0.579. The molecule has 6 nitrogen and oxygen atoms in total. The van der Waals surface area contributed by atoms with Crippen LogP contribution in [0.15, 0.2) is 24.3 Å². The van der Waals surface area contributed by atoms with Crippen LogP contribution in [0.2, 0.25) is 0 Å². The fourth-order valence-electron chi connectivity index (χ4n) is 3.08. The Morgan fingerprint density at radius 1 is 1.23 bits per heavy atom. The number of carbonyl (C=O) groups is 2. The molecule has 0 aliphatic carbocycles. The van der Waals surface area contributed by atoms with E-state index >= 15 is 0 Å². The summed E-state index contributed by atoms with van der Waals surface area (Å²) < 4.78 is 0. The Hall–Kier alpha value is -1.79. The fourth-order valence-corrected chi connectivity index (χ4v) is 3.08. The number of piperidine rings is 1. The van der Waals surface area contributed by atoms with E-state index in [-0.39, 0.29) is 24.3 Å². The van der Waals surface area contributed by atoms with Crippen LogP contribution in [0.25, 0.3) is 0 Å². The molecule has 1 saturated heterocycles. The molecule has 2 rings (SSSR count). The van der Waals surface area contributed by atoms with Gasteiger partial charge in [-0.2, -0.15) is 0 Å². The number of likely N-dealkylation sites (tertiary alicyclic amines) is 1. The zero-order valence-electron chi connectivity index (χ0n) is 15.7. The van der Waals surface area contributed by atoms with Crippen LogP contribution in [0.1, 0.15) is 31.2 Å². The maximum Gasteiger partial charge on any atom is 0.319 e. The third kappa shape index (κ3) is 7.62. The maximum absolute atomic E-state index is 12.2. The van der Waals surface area contributed by atoms with Gasteiger partial charge in [-0.25, -0.2) is 4.79 Å². The lowest BCUT2D eigenvalue weighted by Crippen LogP contribution is -2.44. The van der Waals surface area contributed by atoms with Crippen molar-refractivity contribution in [2.75, 3.05) is 38.5 Å². The van der Waals surface area contributed by atoms with Gasteiger partial charge in [-0.1, -0.05) is 17.7 Å². The van der Waals surface area contributed by atoms with Gasteiger partial charge >= 0.3 is 6.03 Å². The summed E-state index contributed by atoms with van der Waals surface area (Å²) in [5.74, 6) is 0.551. The normalized spacial score (nSPS) is 16.5. The van der Waals surface area contributed by atoms with Gasteiger partial charge in [0.25, 0.3) is 0 Å². The summed E-state index contributed by atoms with van der Waals surface area (Å²) in [6, 6.07) is 7.52. The first-order chi connectivity index (χ1) is 12.1. The van der Waals surface area contributed by atoms with Crippen LogP contribution in [0.3, 0.4) is 0 Å². The lowest BCUT2D eigenvalue weighted by atomic mass is 9.97. The lowest BCUT2D eigenvalue weighted by molar-refractivity contribution is -0.133. The predicted molar refractivity (Wildman–Crippen MR) is 108 cm³/mol. The van der Waals surface area contributed by atoms with Gasteiger partial charge in [0.1, 0.15) is 0 Å². The monoisotopic (exact) mass is 382 g/mol. The number of hydrogen-bond acceptors (Lipinski definition) is 3. The number of urea groups is 1. The molecule has 26 heavy (non-hydrogen) atoms. The summed E-state index contributed by atoms with van der Waals surface area (Å²) in [6.07, 6.45) is 3.51. The first kappa shape index (κ1) is 22.3. The van der Waals surface area contributed by atoms with Crippen molar-refractivity contribution in [2.45, 2.75) is 32.6 Å². The summed E-state index contributed by atoms with van der Waals surface area (Å²) in [7, 11) is 1.90. The highest BCUT2D eigenvalue weighted by Crippen LogP contribution is 2.17. The Labute approximate surface area is 162 Å². The molecule has 1 aromatic carbocycles. The second-order valence-corrected chi connectivity index (χ2v) is 6.76. The molecular weight excluding hydrogens is 352 g/mol. The first-order valence-corrected chi connectivity index (χ1v) is 9.12. The van der Waals surface area contributed by atoms with E-state index in [2.05, 4.69) is 16.0 Å². The zero-order valence-corrected chi connectivity index (χ0v) is 16.5. The maximum atomic E-state index is 12.2. The van der Waals surface area contributed by atoms with Crippen molar-refractivity contribution in [1.82, 2.24) is 15.5 Å². The van der Waals surface area contributed by atoms with Gasteiger partial charge in [-0.3, -0.25) is 4.79 Å². The number of nitrogens with one attached hydrogen (secondary N) is 3. The molecule has 1 heterocycles. The molecule has 0 spiro atoms. The van der Waals surface area contributed by atoms with E-state index in [9.17, 15) is 9.59 Å². The summed E-state index contributed by atoms with van der Waals surface area (Å²) in [6.45, 7) is 5.05. The molecule has 146 valence electrons. The smallest absolute Gasteiger partial charge is 0.319 e. The van der Waals surface area contributed by atoms with Crippen molar-refractivity contribution in [3.8, 4) is 0 Å². The van der Waals surface area contributed by atoms with Crippen molar-refractivity contribution < 1.29 is 9.59 Å². The van der Waals surface area contributed by atoms with Crippen LogP contribution in [0, 0.1) is 12.8 Å². The minimum absolute atomic E-state index is 0. The minimum atomic E-state index is -0.193. The Bertz CT molecular complexity index is 565. The summed E-state index contributed by atoms with van der Waals surface area (Å²) >= 11 is 0. The summed E-state index contributed by atoms with van der Waals surface area (Å²) in [5.41, 5.74) is 1.95. The third-order valence-corrected chi connectivity index (χ3v) is 4.55. The zero-order chi connectivity index (χ0) is 18.1. The molecule has 1 unspecified atom stereocenters. The van der Waals surface area contributed by atoms with E-state index < -0.39 is 0 Å². The second-order valence-electron chi connectivity index (χ2n) is 6.76. The molecule has 1 atom stereocenters. The van der Waals surface area contributed by atoms with Crippen molar-refractivity contribution in [3.63, 3.8) is 0 Å². The Morgan fingerprint density at radius 3 is 2.65 bits per heavy atom. The highest BCUT2D eigenvalue weighted by Gasteiger charge is 2.23. The molecule has 0 aromatic heterocycles. The Morgan fingerprint density at radius 2 is 1.96 bits per heavy atom. The van der Waals surface area contributed by atoms with Gasteiger partial charge in [0, 0.05) is 31.7 Å². The minimum Gasteiger partial charge on any atom is -0.342 e. The third-order valence-electron chi connectivity index (χ3n) is 4.55. The Kier molecular flexibility index (Phi) is 10.1. The van der Waals surface area contributed by atoms with E-state index in [0.29, 0.717) is 18.9 Å². The standard InChI is InChI=1S/C19H30N4O2.ClH/c1-15-7-9-17(10-8-15)22-19(25)21-13-16-5-4-12-23(14-16)18(24)6-3-11-20-2;/h7-10,16,20H,3-6,11-14H2,1-2H3,(H2,21,22,25);1H. The molecule has 7 heteroatoms. The molecule has 0 bridgehead atoms. The summed E-state index contributed by atoms with van der Waals surface area (Å²) in [4.78, 5) is 26.2. The first-order valence-electron chi connectivity index (χ1n) is 9.12. The largest absolute Gasteiger partial charge is 0.342 e. The SMILES string of the molecule is CNCCCC(=O)N1CCCC(CNC(=O)Nc2ccc(C)cc2)C1.Cl. The second kappa shape index (κ2) is 11.8. The van der Waals surface area contributed by atoms with Gasteiger partial charge in [0.2, 0.25) is 5.91 Å². The molecule has 1 aliphatic rings. The van der Waals surface area contributed by atoms with E-state index in [0.717, 1.165) is 50.1 Å². The molecule has 1 fully saturated rings. The average Bonchev–Trinajstić information content (AvgIpc) is 2.62. The highest BCUT2D eigenvalue weighted by atomic mass is 35.5. The van der Waals surface area contributed by atoms with Crippen LogP contribution in [0.5, 0.6) is 0 Å². The van der Waals surface area contributed by atoms with E-state index in [4.69, 9.17) is 0 Å². The van der Waals surface area contributed by atoms with Crippen molar-refractivity contribution in [2.24, 2.45) is 5.92 Å². The number of amides is 3. The molecule has 0 radical (unpaired) electrons. The summed E-state index contributed by atoms with van der Waals surface area (Å²) in [5, 5.41) is 8.83. The van der Waals surface area contributed by atoms with Gasteiger partial charge < -0.3 is 20.9 Å². The van der Waals surface area contributed by atoms with Crippen molar-refractivity contribution >= 4 is 30.0 Å². The topological polar surface area (TPSA) is 73.5 Å². The van der Waals surface area contributed by atoms with Crippen molar-refractivity contribution in [3.05, 3.63) is 29.8 Å². The average molecular weight is 383 g/mol. The number of nitrogens with zero attached hydrogens (tertiary/aromatic N) is 1. The van der Waals surface area contributed by atoms with Crippen LogP contribution >= 0.6 is 12.4 Å². The van der Waals surface area contributed by atoms with Gasteiger partial charge in [0.05, 0.1) is 0 Å². The van der Waals surface area contributed by atoms with Crippen LogP contribution in [-0.4, -0.2) is 50.1 Å². The number of rotatable bonds is 7. The van der Waals surface area contributed by atoms with Gasteiger partial charge in [-0.15, -0.1) is 12.4 Å². The van der Waals surface area contributed by atoms with Crippen LogP contribution in [-0.2, 0) is 4.79 Å².